The SMILES string of the molecule is Cc1ccc(Cn2cnc3sc(C(=O)OCCOc4ccccc4)c(C)c3c2=O)cc1. The fourth-order valence-corrected chi connectivity index (χ4v) is 4.27. The maximum atomic E-state index is 13.0. The molecule has 2 aromatic heterocycles. The zero-order valence-electron chi connectivity index (χ0n) is 17.3. The first-order valence-corrected chi connectivity index (χ1v) is 10.7. The molecule has 0 aliphatic rings. The van der Waals surface area contributed by atoms with Crippen LogP contribution >= 0.6 is 11.3 Å². The minimum Gasteiger partial charge on any atom is -0.490 e. The average Bonchev–Trinajstić information content (AvgIpc) is 3.12. The Bertz CT molecular complexity index is 1260. The number of benzene rings is 2. The predicted octanol–water partition coefficient (Wildman–Crippen LogP) is 4.36. The first-order chi connectivity index (χ1) is 15.0. The van der Waals surface area contributed by atoms with Crippen molar-refractivity contribution >= 4 is 27.5 Å². The molecule has 7 heteroatoms. The summed E-state index contributed by atoms with van der Waals surface area (Å²) >= 11 is 1.18. The minimum absolute atomic E-state index is 0.118. The molecule has 0 radical (unpaired) electrons. The van der Waals surface area contributed by atoms with Crippen molar-refractivity contribution in [1.82, 2.24) is 9.55 Å². The Labute approximate surface area is 183 Å². The Morgan fingerprint density at radius 3 is 2.52 bits per heavy atom. The van der Waals surface area contributed by atoms with Crippen LogP contribution in [0.15, 0.2) is 65.7 Å². The molecule has 0 aliphatic carbocycles. The molecule has 31 heavy (non-hydrogen) atoms. The van der Waals surface area contributed by atoms with Crippen molar-refractivity contribution < 1.29 is 14.3 Å². The van der Waals surface area contributed by atoms with E-state index < -0.39 is 5.97 Å². The van der Waals surface area contributed by atoms with Crippen molar-refractivity contribution in [1.29, 1.82) is 0 Å². The number of fused-ring (bicyclic) bond motifs is 1. The molecule has 6 nitrogen and oxygen atoms in total. The normalized spacial score (nSPS) is 10.9. The number of rotatable bonds is 7. The van der Waals surface area contributed by atoms with E-state index in [4.69, 9.17) is 9.47 Å². The molecule has 0 spiro atoms. The molecule has 4 rings (SSSR count). The average molecular weight is 435 g/mol. The van der Waals surface area contributed by atoms with Crippen molar-refractivity contribution in [2.24, 2.45) is 0 Å². The standard InChI is InChI=1S/C24H22N2O4S/c1-16-8-10-18(11-9-16)14-26-15-25-22-20(23(26)27)17(2)21(31-22)24(28)30-13-12-29-19-6-4-3-5-7-19/h3-11,15H,12-14H2,1-2H3. The molecule has 0 aliphatic heterocycles. The van der Waals surface area contributed by atoms with Gasteiger partial charge in [0.15, 0.2) is 0 Å². The molecule has 0 N–H and O–H groups in total. The summed E-state index contributed by atoms with van der Waals surface area (Å²) in [6.45, 7) is 4.57. The van der Waals surface area contributed by atoms with Gasteiger partial charge in [0.2, 0.25) is 0 Å². The number of aryl methyl sites for hydroxylation is 2. The quantitative estimate of drug-likeness (QED) is 0.319. The van der Waals surface area contributed by atoms with Crippen molar-refractivity contribution in [3.63, 3.8) is 0 Å². The van der Waals surface area contributed by atoms with E-state index in [2.05, 4.69) is 4.98 Å². The zero-order chi connectivity index (χ0) is 21.8. The van der Waals surface area contributed by atoms with Gasteiger partial charge in [-0.1, -0.05) is 48.0 Å². The van der Waals surface area contributed by atoms with E-state index in [0.717, 1.165) is 16.9 Å². The number of hydrogen-bond donors (Lipinski definition) is 0. The first kappa shape index (κ1) is 20.8. The molecule has 0 unspecified atom stereocenters. The first-order valence-electron chi connectivity index (χ1n) is 9.92. The lowest BCUT2D eigenvalue weighted by molar-refractivity contribution is 0.0455. The van der Waals surface area contributed by atoms with Gasteiger partial charge in [-0.2, -0.15) is 0 Å². The van der Waals surface area contributed by atoms with Gasteiger partial charge in [0.05, 0.1) is 18.3 Å². The Morgan fingerprint density at radius 1 is 1.03 bits per heavy atom. The molecular weight excluding hydrogens is 412 g/mol. The van der Waals surface area contributed by atoms with Gasteiger partial charge in [0, 0.05) is 0 Å². The van der Waals surface area contributed by atoms with Gasteiger partial charge in [0.25, 0.3) is 5.56 Å². The molecule has 0 atom stereocenters. The van der Waals surface area contributed by atoms with Crippen LogP contribution in [0.5, 0.6) is 5.75 Å². The molecule has 0 bridgehead atoms. The van der Waals surface area contributed by atoms with E-state index in [1.165, 1.54) is 17.7 Å². The van der Waals surface area contributed by atoms with Crippen LogP contribution in [0, 0.1) is 13.8 Å². The fraction of sp³-hybridized carbons (Fsp3) is 0.208. The van der Waals surface area contributed by atoms with Crippen molar-refractivity contribution in [3.05, 3.63) is 92.8 Å². The van der Waals surface area contributed by atoms with Gasteiger partial charge >= 0.3 is 5.97 Å². The van der Waals surface area contributed by atoms with Crippen LogP contribution in [0.25, 0.3) is 10.2 Å². The van der Waals surface area contributed by atoms with Crippen LogP contribution in [0.3, 0.4) is 0 Å². The van der Waals surface area contributed by atoms with Gasteiger partial charge in [-0.3, -0.25) is 9.36 Å². The second kappa shape index (κ2) is 9.14. The van der Waals surface area contributed by atoms with Gasteiger partial charge in [-0.25, -0.2) is 9.78 Å². The second-order valence-corrected chi connectivity index (χ2v) is 8.20. The maximum Gasteiger partial charge on any atom is 0.348 e. The number of ether oxygens (including phenoxy) is 2. The predicted molar refractivity (Wildman–Crippen MR) is 121 cm³/mol. The molecule has 2 aromatic carbocycles. The summed E-state index contributed by atoms with van der Waals surface area (Å²) in [5, 5.41) is 0.465. The number of thiophene rings is 1. The topological polar surface area (TPSA) is 70.4 Å². The molecule has 0 fully saturated rings. The Morgan fingerprint density at radius 2 is 1.77 bits per heavy atom. The van der Waals surface area contributed by atoms with Crippen LogP contribution in [0.4, 0.5) is 0 Å². The molecule has 0 saturated heterocycles. The summed E-state index contributed by atoms with van der Waals surface area (Å²) in [5.74, 6) is 0.247. The number of carbonyl (C=O) groups is 1. The summed E-state index contributed by atoms with van der Waals surface area (Å²) in [7, 11) is 0. The number of hydrogen-bond acceptors (Lipinski definition) is 6. The molecule has 158 valence electrons. The third-order valence-corrected chi connectivity index (χ3v) is 6.08. The molecule has 0 amide bonds. The van der Waals surface area contributed by atoms with Crippen LogP contribution in [0.1, 0.15) is 26.4 Å². The highest BCUT2D eigenvalue weighted by atomic mass is 32.1. The van der Waals surface area contributed by atoms with Gasteiger partial charge < -0.3 is 9.47 Å². The van der Waals surface area contributed by atoms with E-state index >= 15 is 0 Å². The molecule has 0 saturated carbocycles. The summed E-state index contributed by atoms with van der Waals surface area (Å²) in [6.07, 6.45) is 1.53. The molecule has 2 heterocycles. The van der Waals surface area contributed by atoms with Gasteiger partial charge in [-0.05, 0) is 37.1 Å². The van der Waals surface area contributed by atoms with E-state index in [0.29, 0.717) is 27.2 Å². The summed E-state index contributed by atoms with van der Waals surface area (Å²) in [5.41, 5.74) is 2.62. The Hall–Kier alpha value is -3.45. The second-order valence-electron chi connectivity index (χ2n) is 7.20. The summed E-state index contributed by atoms with van der Waals surface area (Å²) < 4.78 is 12.5. The van der Waals surface area contributed by atoms with E-state index in [9.17, 15) is 9.59 Å². The van der Waals surface area contributed by atoms with E-state index in [1.54, 1.807) is 11.5 Å². The highest BCUT2D eigenvalue weighted by molar-refractivity contribution is 7.20. The highest BCUT2D eigenvalue weighted by Gasteiger charge is 2.20. The molecule has 4 aromatic rings. The zero-order valence-corrected chi connectivity index (χ0v) is 18.1. The monoisotopic (exact) mass is 434 g/mol. The molecular formula is C24H22N2O4S. The number of aromatic nitrogens is 2. The third kappa shape index (κ3) is 4.67. The van der Waals surface area contributed by atoms with Crippen LogP contribution in [-0.4, -0.2) is 28.7 Å². The maximum absolute atomic E-state index is 13.0. The van der Waals surface area contributed by atoms with Crippen LogP contribution in [0.2, 0.25) is 0 Å². The number of nitrogens with zero attached hydrogens (tertiary/aromatic N) is 2. The van der Waals surface area contributed by atoms with Crippen molar-refractivity contribution in [3.8, 4) is 5.75 Å². The van der Waals surface area contributed by atoms with Crippen LogP contribution in [-0.2, 0) is 11.3 Å². The summed E-state index contributed by atoms with van der Waals surface area (Å²) in [4.78, 5) is 30.9. The fourth-order valence-electron chi connectivity index (χ4n) is 3.23. The van der Waals surface area contributed by atoms with Crippen LogP contribution < -0.4 is 10.3 Å². The largest absolute Gasteiger partial charge is 0.490 e. The lowest BCUT2D eigenvalue weighted by Gasteiger charge is -2.07. The van der Waals surface area contributed by atoms with E-state index in [1.807, 2.05) is 61.5 Å². The number of para-hydroxylation sites is 1. The smallest absolute Gasteiger partial charge is 0.348 e. The highest BCUT2D eigenvalue weighted by Crippen LogP contribution is 2.27. The lowest BCUT2D eigenvalue weighted by atomic mass is 10.1. The van der Waals surface area contributed by atoms with Crippen molar-refractivity contribution in [2.75, 3.05) is 13.2 Å². The Kier molecular flexibility index (Phi) is 6.13. The lowest BCUT2D eigenvalue weighted by Crippen LogP contribution is -2.21. The van der Waals surface area contributed by atoms with Crippen molar-refractivity contribution in [2.45, 2.75) is 20.4 Å². The third-order valence-electron chi connectivity index (χ3n) is 4.90. The van der Waals surface area contributed by atoms with E-state index in [-0.39, 0.29) is 18.8 Å². The number of esters is 1. The Balaban J connectivity index is 1.48. The minimum atomic E-state index is -0.471. The number of carbonyl (C=O) groups excluding carboxylic acids is 1. The summed E-state index contributed by atoms with van der Waals surface area (Å²) in [6, 6.07) is 17.3. The van der Waals surface area contributed by atoms with Gasteiger partial charge in [-0.15, -0.1) is 11.3 Å². The van der Waals surface area contributed by atoms with Gasteiger partial charge in [0.1, 0.15) is 28.7 Å².